The van der Waals surface area contributed by atoms with Gasteiger partial charge in [0.1, 0.15) is 11.2 Å². The lowest BCUT2D eigenvalue weighted by atomic mass is 9.78. The monoisotopic (exact) mass is 318 g/mol. The van der Waals surface area contributed by atoms with Crippen LogP contribution >= 0.6 is 11.3 Å². The first-order chi connectivity index (χ1) is 10.8. The summed E-state index contributed by atoms with van der Waals surface area (Å²) in [5.74, 6) is 2.32. The molecule has 1 atom stereocenters. The van der Waals surface area contributed by atoms with Crippen molar-refractivity contribution in [3.63, 3.8) is 0 Å². The maximum absolute atomic E-state index is 10.9. The van der Waals surface area contributed by atoms with Gasteiger partial charge in [0.25, 0.3) is 0 Å². The molecule has 2 aliphatic rings. The maximum atomic E-state index is 10.9. The summed E-state index contributed by atoms with van der Waals surface area (Å²) in [6, 6.07) is 0. The van der Waals surface area contributed by atoms with Crippen LogP contribution in [0.25, 0.3) is 4.83 Å². The Labute approximate surface area is 136 Å². The van der Waals surface area contributed by atoms with Crippen LogP contribution in [0, 0.1) is 11.8 Å². The molecule has 3 nitrogen and oxygen atoms in total. The molecule has 2 heterocycles. The summed E-state index contributed by atoms with van der Waals surface area (Å²) in [4.78, 5) is 6.86. The van der Waals surface area contributed by atoms with Crippen LogP contribution in [0.15, 0.2) is 12.5 Å². The fraction of sp³-hybridized carbons (Fsp3) is 0.722. The highest BCUT2D eigenvalue weighted by molar-refractivity contribution is 7.17. The van der Waals surface area contributed by atoms with Crippen LogP contribution in [-0.4, -0.2) is 14.5 Å². The van der Waals surface area contributed by atoms with Gasteiger partial charge in [0, 0.05) is 4.88 Å². The minimum absolute atomic E-state index is 0.318. The van der Waals surface area contributed by atoms with Crippen molar-refractivity contribution in [2.75, 3.05) is 0 Å². The summed E-state index contributed by atoms with van der Waals surface area (Å²) in [7, 11) is 0. The fourth-order valence-electron chi connectivity index (χ4n) is 4.09. The molecule has 2 aromatic rings. The van der Waals surface area contributed by atoms with Gasteiger partial charge in [-0.15, -0.1) is 11.3 Å². The van der Waals surface area contributed by atoms with Gasteiger partial charge in [-0.3, -0.25) is 4.40 Å². The Hall–Kier alpha value is -0.870. The van der Waals surface area contributed by atoms with Gasteiger partial charge in [-0.1, -0.05) is 39.0 Å². The number of hydrogen-bond acceptors (Lipinski definition) is 3. The number of imidazole rings is 1. The van der Waals surface area contributed by atoms with Crippen molar-refractivity contribution in [2.24, 2.45) is 11.8 Å². The van der Waals surface area contributed by atoms with Gasteiger partial charge in [0.05, 0.1) is 18.0 Å². The number of hydrogen-bond donors (Lipinski definition) is 1. The second kappa shape index (κ2) is 5.97. The molecule has 0 saturated heterocycles. The summed E-state index contributed by atoms with van der Waals surface area (Å²) < 4.78 is 2.14. The molecule has 2 fully saturated rings. The molecule has 1 N–H and O–H groups in total. The summed E-state index contributed by atoms with van der Waals surface area (Å²) in [5.41, 5.74) is 1.15. The van der Waals surface area contributed by atoms with E-state index in [4.69, 9.17) is 0 Å². The van der Waals surface area contributed by atoms with Crippen LogP contribution in [0.4, 0.5) is 0 Å². The van der Waals surface area contributed by atoms with Gasteiger partial charge in [-0.2, -0.15) is 0 Å². The average molecular weight is 318 g/mol. The lowest BCUT2D eigenvalue weighted by Crippen LogP contribution is -2.17. The predicted octanol–water partition coefficient (Wildman–Crippen LogP) is 4.91. The smallest absolute Gasteiger partial charge is 0.120 e. The van der Waals surface area contributed by atoms with E-state index in [1.807, 2.05) is 23.9 Å². The number of rotatable bonds is 5. The number of thiazole rings is 1. The second-order valence-corrected chi connectivity index (χ2v) is 8.34. The van der Waals surface area contributed by atoms with Crippen molar-refractivity contribution in [3.8, 4) is 0 Å². The van der Waals surface area contributed by atoms with E-state index in [2.05, 4.69) is 16.3 Å². The Bertz CT molecular complexity index is 635. The molecular weight excluding hydrogens is 292 g/mol. The van der Waals surface area contributed by atoms with Crippen LogP contribution in [-0.2, 0) is 0 Å². The van der Waals surface area contributed by atoms with E-state index in [0.29, 0.717) is 11.8 Å². The number of fused-ring (bicyclic) bond motifs is 1. The Morgan fingerprint density at radius 1 is 1.23 bits per heavy atom. The number of aliphatic hydroxyl groups excluding tert-OH is 1. The zero-order valence-corrected chi connectivity index (χ0v) is 14.2. The van der Waals surface area contributed by atoms with Crippen LogP contribution in [0.2, 0.25) is 0 Å². The third kappa shape index (κ3) is 2.71. The molecule has 4 heteroatoms. The molecule has 0 amide bonds. The van der Waals surface area contributed by atoms with E-state index >= 15 is 0 Å². The summed E-state index contributed by atoms with van der Waals surface area (Å²) in [6.07, 6.45) is 13.6. The zero-order chi connectivity index (χ0) is 15.1. The predicted molar refractivity (Wildman–Crippen MR) is 90.4 cm³/mol. The maximum Gasteiger partial charge on any atom is 0.120 e. The fourth-order valence-corrected chi connectivity index (χ4v) is 5.41. The highest BCUT2D eigenvalue weighted by Gasteiger charge is 2.33. The Kier molecular flexibility index (Phi) is 3.99. The number of nitrogens with zero attached hydrogens (tertiary/aromatic N) is 2. The molecule has 0 spiro atoms. The molecule has 2 aliphatic carbocycles. The van der Waals surface area contributed by atoms with E-state index in [9.17, 15) is 5.11 Å². The highest BCUT2D eigenvalue weighted by Crippen LogP contribution is 2.48. The lowest BCUT2D eigenvalue weighted by molar-refractivity contribution is 0.118. The number of aromatic nitrogens is 2. The second-order valence-electron chi connectivity index (χ2n) is 7.27. The van der Waals surface area contributed by atoms with Gasteiger partial charge < -0.3 is 5.11 Å². The Morgan fingerprint density at radius 2 is 1.95 bits per heavy atom. The lowest BCUT2D eigenvalue weighted by Gasteiger charge is -2.29. The van der Waals surface area contributed by atoms with Gasteiger partial charge >= 0.3 is 0 Å². The zero-order valence-electron chi connectivity index (χ0n) is 13.4. The van der Waals surface area contributed by atoms with E-state index < -0.39 is 0 Å². The van der Waals surface area contributed by atoms with E-state index in [-0.39, 0.29) is 6.10 Å². The molecule has 22 heavy (non-hydrogen) atoms. The Balaban J connectivity index is 1.51. The van der Waals surface area contributed by atoms with Crippen molar-refractivity contribution in [3.05, 3.63) is 23.1 Å². The van der Waals surface area contributed by atoms with Crippen molar-refractivity contribution < 1.29 is 5.11 Å². The topological polar surface area (TPSA) is 37.5 Å². The van der Waals surface area contributed by atoms with Crippen LogP contribution in [0.1, 0.15) is 80.9 Å². The molecular formula is C18H26N2OS. The summed E-state index contributed by atoms with van der Waals surface area (Å²) in [5, 5.41) is 10.9. The molecule has 4 rings (SSSR count). The standard InChI is InChI=1S/C18H26N2OS/c1-2-12-3-5-13(6-4-12)9-15(21)17-18(14-7-8-14)22-16-10-19-11-20(16)17/h10-15,21H,2-9H2,1H3. The first-order valence-electron chi connectivity index (χ1n) is 8.89. The van der Waals surface area contributed by atoms with Crippen LogP contribution in [0.3, 0.4) is 0 Å². The molecule has 2 saturated carbocycles. The van der Waals surface area contributed by atoms with Crippen LogP contribution in [0.5, 0.6) is 0 Å². The van der Waals surface area contributed by atoms with Gasteiger partial charge in [-0.05, 0) is 37.0 Å². The highest BCUT2D eigenvalue weighted by atomic mass is 32.1. The molecule has 0 radical (unpaired) electrons. The van der Waals surface area contributed by atoms with Crippen molar-refractivity contribution in [2.45, 2.75) is 70.3 Å². The summed E-state index contributed by atoms with van der Waals surface area (Å²) in [6.45, 7) is 2.31. The molecule has 0 bridgehead atoms. The van der Waals surface area contributed by atoms with Gasteiger partial charge in [-0.25, -0.2) is 4.98 Å². The molecule has 2 aromatic heterocycles. The normalized spacial score (nSPS) is 27.4. The summed E-state index contributed by atoms with van der Waals surface area (Å²) >= 11 is 1.84. The van der Waals surface area contributed by atoms with Crippen LogP contribution < -0.4 is 0 Å². The third-order valence-corrected chi connectivity index (χ3v) is 6.97. The van der Waals surface area contributed by atoms with E-state index in [1.165, 1.54) is 54.7 Å². The minimum atomic E-state index is -0.318. The largest absolute Gasteiger partial charge is 0.387 e. The van der Waals surface area contributed by atoms with E-state index in [0.717, 1.165) is 18.0 Å². The molecule has 0 aliphatic heterocycles. The molecule has 0 aromatic carbocycles. The third-order valence-electron chi connectivity index (χ3n) is 5.70. The average Bonchev–Trinajstić information content (AvgIpc) is 3.16. The van der Waals surface area contributed by atoms with Crippen molar-refractivity contribution >= 4 is 16.2 Å². The first kappa shape index (κ1) is 14.7. The minimum Gasteiger partial charge on any atom is -0.387 e. The molecule has 120 valence electrons. The van der Waals surface area contributed by atoms with Gasteiger partial charge in [0.2, 0.25) is 0 Å². The number of aliphatic hydroxyl groups is 1. The van der Waals surface area contributed by atoms with E-state index in [1.54, 1.807) is 0 Å². The van der Waals surface area contributed by atoms with Crippen molar-refractivity contribution in [1.29, 1.82) is 0 Å². The Morgan fingerprint density at radius 3 is 2.64 bits per heavy atom. The first-order valence-corrected chi connectivity index (χ1v) is 9.70. The van der Waals surface area contributed by atoms with Crippen molar-refractivity contribution in [1.82, 2.24) is 9.38 Å². The quantitative estimate of drug-likeness (QED) is 0.850. The SMILES string of the molecule is CCC1CCC(CC(O)c2c(C3CC3)sc3cncn23)CC1. The van der Waals surface area contributed by atoms with Gasteiger partial charge in [0.15, 0.2) is 0 Å². The molecule has 1 unspecified atom stereocenters.